The SMILES string of the molecule is Cc1ccccc1Sc1c(Cl)cccc1CO. The van der Waals surface area contributed by atoms with Crippen LogP contribution in [0.25, 0.3) is 0 Å². The normalized spacial score (nSPS) is 10.5. The molecule has 0 aliphatic rings. The third kappa shape index (κ3) is 2.83. The van der Waals surface area contributed by atoms with Crippen LogP contribution >= 0.6 is 23.4 Å². The van der Waals surface area contributed by atoms with Gasteiger partial charge in [-0.3, -0.25) is 0 Å². The smallest absolute Gasteiger partial charge is 0.0693 e. The molecule has 1 nitrogen and oxygen atoms in total. The average Bonchev–Trinajstić information content (AvgIpc) is 2.34. The number of aliphatic hydroxyl groups is 1. The van der Waals surface area contributed by atoms with Crippen molar-refractivity contribution in [3.63, 3.8) is 0 Å². The van der Waals surface area contributed by atoms with E-state index >= 15 is 0 Å². The van der Waals surface area contributed by atoms with Crippen molar-refractivity contribution < 1.29 is 5.11 Å². The molecule has 0 saturated heterocycles. The van der Waals surface area contributed by atoms with Gasteiger partial charge in [0.2, 0.25) is 0 Å². The van der Waals surface area contributed by atoms with E-state index in [-0.39, 0.29) is 6.61 Å². The molecule has 2 aromatic rings. The van der Waals surface area contributed by atoms with E-state index < -0.39 is 0 Å². The molecule has 2 rings (SSSR count). The summed E-state index contributed by atoms with van der Waals surface area (Å²) in [6, 6.07) is 13.7. The molecule has 0 amide bonds. The number of halogens is 1. The summed E-state index contributed by atoms with van der Waals surface area (Å²) in [4.78, 5) is 2.10. The molecule has 88 valence electrons. The molecule has 3 heteroatoms. The Morgan fingerprint density at radius 1 is 1.12 bits per heavy atom. The van der Waals surface area contributed by atoms with Crippen LogP contribution in [0, 0.1) is 6.92 Å². The molecule has 0 heterocycles. The van der Waals surface area contributed by atoms with Crippen molar-refractivity contribution in [1.82, 2.24) is 0 Å². The van der Waals surface area contributed by atoms with Crippen molar-refractivity contribution in [2.75, 3.05) is 0 Å². The van der Waals surface area contributed by atoms with Crippen LogP contribution in [0.15, 0.2) is 52.3 Å². The van der Waals surface area contributed by atoms with E-state index in [1.807, 2.05) is 30.3 Å². The Hall–Kier alpha value is -0.960. The largest absolute Gasteiger partial charge is 0.392 e. The molecule has 0 spiro atoms. The van der Waals surface area contributed by atoms with Gasteiger partial charge >= 0.3 is 0 Å². The Bertz CT molecular complexity index is 525. The monoisotopic (exact) mass is 264 g/mol. The first-order valence-electron chi connectivity index (χ1n) is 5.34. The van der Waals surface area contributed by atoms with E-state index in [2.05, 4.69) is 19.1 Å². The van der Waals surface area contributed by atoms with Crippen LogP contribution in [0.1, 0.15) is 11.1 Å². The fourth-order valence-electron chi connectivity index (χ4n) is 1.57. The van der Waals surface area contributed by atoms with Gasteiger partial charge < -0.3 is 5.11 Å². The first kappa shape index (κ1) is 12.5. The van der Waals surface area contributed by atoms with Crippen LogP contribution in [-0.2, 0) is 6.61 Å². The Kier molecular flexibility index (Phi) is 4.11. The molecule has 17 heavy (non-hydrogen) atoms. The van der Waals surface area contributed by atoms with Gasteiger partial charge in [0, 0.05) is 9.79 Å². The summed E-state index contributed by atoms with van der Waals surface area (Å²) in [5.74, 6) is 0. The number of hydrogen-bond donors (Lipinski definition) is 1. The van der Waals surface area contributed by atoms with Crippen LogP contribution in [0.4, 0.5) is 0 Å². The molecule has 0 saturated carbocycles. The van der Waals surface area contributed by atoms with Crippen molar-refractivity contribution >= 4 is 23.4 Å². The van der Waals surface area contributed by atoms with Crippen molar-refractivity contribution in [3.05, 3.63) is 58.6 Å². The lowest BCUT2D eigenvalue weighted by atomic mass is 10.2. The molecule has 0 radical (unpaired) electrons. The third-order valence-electron chi connectivity index (χ3n) is 2.52. The predicted molar refractivity (Wildman–Crippen MR) is 72.7 cm³/mol. The van der Waals surface area contributed by atoms with E-state index in [4.69, 9.17) is 11.6 Å². The summed E-state index contributed by atoms with van der Waals surface area (Å²) >= 11 is 7.78. The molecule has 1 N–H and O–H groups in total. The van der Waals surface area contributed by atoms with E-state index in [0.717, 1.165) is 15.4 Å². The Balaban J connectivity index is 2.39. The number of rotatable bonds is 3. The Morgan fingerprint density at radius 2 is 1.88 bits per heavy atom. The van der Waals surface area contributed by atoms with Crippen LogP contribution < -0.4 is 0 Å². The van der Waals surface area contributed by atoms with E-state index in [1.165, 1.54) is 5.56 Å². The maximum atomic E-state index is 9.32. The quantitative estimate of drug-likeness (QED) is 0.892. The summed E-state index contributed by atoms with van der Waals surface area (Å²) in [7, 11) is 0. The first-order valence-corrected chi connectivity index (χ1v) is 6.53. The summed E-state index contributed by atoms with van der Waals surface area (Å²) in [6.45, 7) is 2.08. The summed E-state index contributed by atoms with van der Waals surface area (Å²) in [5.41, 5.74) is 2.08. The second kappa shape index (κ2) is 5.58. The zero-order chi connectivity index (χ0) is 12.3. The minimum atomic E-state index is 0.00870. The molecular formula is C14H13ClOS. The molecule has 2 aromatic carbocycles. The van der Waals surface area contributed by atoms with Crippen LogP contribution in [0.3, 0.4) is 0 Å². The van der Waals surface area contributed by atoms with Gasteiger partial charge in [0.25, 0.3) is 0 Å². The highest BCUT2D eigenvalue weighted by atomic mass is 35.5. The number of benzene rings is 2. The van der Waals surface area contributed by atoms with E-state index in [1.54, 1.807) is 11.8 Å². The lowest BCUT2D eigenvalue weighted by Crippen LogP contribution is -1.89. The van der Waals surface area contributed by atoms with Crippen molar-refractivity contribution in [3.8, 4) is 0 Å². The zero-order valence-corrected chi connectivity index (χ0v) is 11.1. The minimum Gasteiger partial charge on any atom is -0.392 e. The summed E-state index contributed by atoms with van der Waals surface area (Å²) in [6.07, 6.45) is 0. The highest BCUT2D eigenvalue weighted by Crippen LogP contribution is 2.37. The maximum absolute atomic E-state index is 9.32. The molecule has 0 bridgehead atoms. The first-order chi connectivity index (χ1) is 8.22. The number of hydrogen-bond acceptors (Lipinski definition) is 2. The van der Waals surface area contributed by atoms with Gasteiger partial charge in [-0.1, -0.05) is 53.7 Å². The fourth-order valence-corrected chi connectivity index (χ4v) is 2.91. The van der Waals surface area contributed by atoms with Crippen LogP contribution in [0.5, 0.6) is 0 Å². The molecular weight excluding hydrogens is 252 g/mol. The molecule has 0 unspecified atom stereocenters. The lowest BCUT2D eigenvalue weighted by molar-refractivity contribution is 0.279. The number of aryl methyl sites for hydroxylation is 1. The molecule has 0 aromatic heterocycles. The van der Waals surface area contributed by atoms with Crippen LogP contribution in [-0.4, -0.2) is 5.11 Å². The minimum absolute atomic E-state index is 0.00870. The highest BCUT2D eigenvalue weighted by molar-refractivity contribution is 7.99. The second-order valence-electron chi connectivity index (χ2n) is 3.75. The standard InChI is InChI=1S/C14H13ClOS/c1-10-5-2-3-8-13(10)17-14-11(9-16)6-4-7-12(14)15/h2-8,16H,9H2,1H3. The second-order valence-corrected chi connectivity index (χ2v) is 5.21. The Labute approximate surface area is 110 Å². The van der Waals surface area contributed by atoms with Gasteiger partial charge in [0.1, 0.15) is 0 Å². The van der Waals surface area contributed by atoms with E-state index in [9.17, 15) is 5.11 Å². The lowest BCUT2D eigenvalue weighted by Gasteiger charge is -2.10. The van der Waals surface area contributed by atoms with Crippen molar-refractivity contribution in [2.45, 2.75) is 23.3 Å². The van der Waals surface area contributed by atoms with Gasteiger partial charge in [-0.2, -0.15) is 0 Å². The predicted octanol–water partition coefficient (Wildman–Crippen LogP) is 4.29. The van der Waals surface area contributed by atoms with E-state index in [0.29, 0.717) is 5.02 Å². The Morgan fingerprint density at radius 3 is 2.59 bits per heavy atom. The van der Waals surface area contributed by atoms with Gasteiger partial charge in [0.05, 0.1) is 11.6 Å². The summed E-state index contributed by atoms with van der Waals surface area (Å²) in [5, 5.41) is 10.0. The third-order valence-corrected chi connectivity index (χ3v) is 4.32. The van der Waals surface area contributed by atoms with Gasteiger partial charge in [-0.15, -0.1) is 0 Å². The average molecular weight is 265 g/mol. The molecule has 0 aliphatic heterocycles. The van der Waals surface area contributed by atoms with Gasteiger partial charge in [-0.05, 0) is 30.2 Å². The van der Waals surface area contributed by atoms with Gasteiger partial charge in [0.15, 0.2) is 0 Å². The number of aliphatic hydroxyl groups excluding tert-OH is 1. The van der Waals surface area contributed by atoms with Crippen molar-refractivity contribution in [2.24, 2.45) is 0 Å². The topological polar surface area (TPSA) is 20.2 Å². The molecule has 0 atom stereocenters. The van der Waals surface area contributed by atoms with Crippen LogP contribution in [0.2, 0.25) is 5.02 Å². The van der Waals surface area contributed by atoms with Gasteiger partial charge in [-0.25, -0.2) is 0 Å². The zero-order valence-electron chi connectivity index (χ0n) is 9.48. The molecule has 0 fully saturated rings. The molecule has 0 aliphatic carbocycles. The fraction of sp³-hybridized carbons (Fsp3) is 0.143. The summed E-state index contributed by atoms with van der Waals surface area (Å²) < 4.78 is 0. The van der Waals surface area contributed by atoms with Crippen molar-refractivity contribution in [1.29, 1.82) is 0 Å². The maximum Gasteiger partial charge on any atom is 0.0693 e. The highest BCUT2D eigenvalue weighted by Gasteiger charge is 2.09.